The fraction of sp³-hybridized carbons (Fsp3) is 0.200. The lowest BCUT2D eigenvalue weighted by molar-refractivity contribution is 0.776. The van der Waals surface area contributed by atoms with Gasteiger partial charge in [0.05, 0.1) is 23.3 Å². The molecule has 0 aliphatic carbocycles. The van der Waals surface area contributed by atoms with Gasteiger partial charge in [0.15, 0.2) is 0 Å². The Hall–Kier alpha value is -2.73. The second-order valence-electron chi connectivity index (χ2n) is 6.31. The van der Waals surface area contributed by atoms with Gasteiger partial charge in [-0.25, -0.2) is 4.68 Å². The van der Waals surface area contributed by atoms with Gasteiger partial charge in [0.2, 0.25) is 0 Å². The number of aromatic nitrogens is 5. The average molecular weight is 361 g/mol. The lowest BCUT2D eigenvalue weighted by Gasteiger charge is -2.10. The Morgan fingerprint density at radius 1 is 1.00 bits per heavy atom. The summed E-state index contributed by atoms with van der Waals surface area (Å²) in [4.78, 5) is 4.40. The van der Waals surface area contributed by atoms with Crippen molar-refractivity contribution in [3.8, 4) is 5.69 Å². The lowest BCUT2D eigenvalue weighted by Crippen LogP contribution is -2.02. The van der Waals surface area contributed by atoms with Crippen LogP contribution in [0.4, 0.5) is 0 Å². The maximum atomic E-state index is 4.63. The molecule has 1 aromatic carbocycles. The molecular weight excluding hydrogens is 342 g/mol. The molecule has 0 saturated heterocycles. The van der Waals surface area contributed by atoms with Gasteiger partial charge in [-0.05, 0) is 30.2 Å². The van der Waals surface area contributed by atoms with E-state index in [9.17, 15) is 0 Å². The van der Waals surface area contributed by atoms with Gasteiger partial charge in [-0.2, -0.15) is 10.2 Å². The maximum Gasteiger partial charge on any atom is 0.146 e. The van der Waals surface area contributed by atoms with Gasteiger partial charge in [0, 0.05) is 17.3 Å². The first kappa shape index (κ1) is 16.7. The van der Waals surface area contributed by atoms with Crippen molar-refractivity contribution in [2.75, 3.05) is 0 Å². The van der Waals surface area contributed by atoms with Crippen LogP contribution in [0.25, 0.3) is 16.6 Å². The number of thioether (sulfide) groups is 1. The summed E-state index contributed by atoms with van der Waals surface area (Å²) in [6, 6.07) is 16.1. The highest BCUT2D eigenvalue weighted by molar-refractivity contribution is 7.98. The van der Waals surface area contributed by atoms with E-state index in [1.54, 1.807) is 11.8 Å². The van der Waals surface area contributed by atoms with Crippen LogP contribution in [0.3, 0.4) is 0 Å². The van der Waals surface area contributed by atoms with Gasteiger partial charge in [0.1, 0.15) is 10.5 Å². The minimum atomic E-state index is 0.285. The molecule has 0 saturated carbocycles. The SMILES string of the molecule is CC(C)c1nnc(SCc2ccccn2)c2c1cnn2-c1ccccc1. The van der Waals surface area contributed by atoms with E-state index >= 15 is 0 Å². The first-order valence-electron chi connectivity index (χ1n) is 8.56. The molecule has 4 rings (SSSR count). The van der Waals surface area contributed by atoms with Crippen LogP contribution in [0.1, 0.15) is 31.2 Å². The van der Waals surface area contributed by atoms with Crippen LogP contribution in [-0.4, -0.2) is 25.0 Å². The Balaban J connectivity index is 1.81. The predicted octanol–water partition coefficient (Wildman–Crippen LogP) is 4.63. The zero-order valence-electron chi connectivity index (χ0n) is 14.7. The summed E-state index contributed by atoms with van der Waals surface area (Å²) in [6.45, 7) is 4.26. The highest BCUT2D eigenvalue weighted by atomic mass is 32.2. The molecule has 0 spiro atoms. The second kappa shape index (κ2) is 7.25. The van der Waals surface area contributed by atoms with Gasteiger partial charge in [0.25, 0.3) is 0 Å². The van der Waals surface area contributed by atoms with Crippen molar-refractivity contribution in [1.82, 2.24) is 25.0 Å². The summed E-state index contributed by atoms with van der Waals surface area (Å²) in [7, 11) is 0. The second-order valence-corrected chi connectivity index (χ2v) is 7.27. The molecule has 4 aromatic rings. The largest absolute Gasteiger partial charge is 0.260 e. The van der Waals surface area contributed by atoms with Gasteiger partial charge in [-0.15, -0.1) is 5.10 Å². The highest BCUT2D eigenvalue weighted by Gasteiger charge is 2.18. The Morgan fingerprint density at radius 2 is 1.81 bits per heavy atom. The molecule has 0 amide bonds. The molecule has 0 aliphatic heterocycles. The summed E-state index contributed by atoms with van der Waals surface area (Å²) in [5.41, 5.74) is 4.02. The number of benzene rings is 1. The van der Waals surface area contributed by atoms with Crippen molar-refractivity contribution >= 4 is 22.7 Å². The Kier molecular flexibility index (Phi) is 4.67. The predicted molar refractivity (Wildman–Crippen MR) is 105 cm³/mol. The van der Waals surface area contributed by atoms with Crippen LogP contribution in [0.15, 0.2) is 66.0 Å². The smallest absolute Gasteiger partial charge is 0.146 e. The molecule has 3 aromatic heterocycles. The topological polar surface area (TPSA) is 56.5 Å². The number of hydrogen-bond donors (Lipinski definition) is 0. The minimum absolute atomic E-state index is 0.285. The highest BCUT2D eigenvalue weighted by Crippen LogP contribution is 2.32. The molecule has 0 aliphatic rings. The standard InChI is InChI=1S/C20H19N5S/c1-14(2)18-17-12-22-25(16-9-4-3-5-10-16)19(17)20(24-23-18)26-13-15-8-6-7-11-21-15/h3-12,14H,13H2,1-2H3. The van der Waals surface area contributed by atoms with Crippen molar-refractivity contribution in [2.24, 2.45) is 0 Å². The summed E-state index contributed by atoms with van der Waals surface area (Å²) in [6.07, 6.45) is 3.71. The number of fused-ring (bicyclic) bond motifs is 1. The van der Waals surface area contributed by atoms with Gasteiger partial charge >= 0.3 is 0 Å². The van der Waals surface area contributed by atoms with E-state index in [0.29, 0.717) is 0 Å². The first-order chi connectivity index (χ1) is 12.7. The van der Waals surface area contributed by atoms with Crippen LogP contribution in [0, 0.1) is 0 Å². The van der Waals surface area contributed by atoms with Crippen LogP contribution >= 0.6 is 11.8 Å². The molecule has 0 bridgehead atoms. The van der Waals surface area contributed by atoms with E-state index in [1.807, 2.05) is 53.5 Å². The minimum Gasteiger partial charge on any atom is -0.260 e. The molecular formula is C20H19N5S. The summed E-state index contributed by atoms with van der Waals surface area (Å²) >= 11 is 1.64. The zero-order chi connectivity index (χ0) is 17.9. The molecule has 0 atom stereocenters. The summed E-state index contributed by atoms with van der Waals surface area (Å²) in [5, 5.41) is 15.6. The average Bonchev–Trinajstić information content (AvgIpc) is 3.13. The number of para-hydroxylation sites is 1. The van der Waals surface area contributed by atoms with E-state index in [1.165, 1.54) is 0 Å². The molecule has 0 unspecified atom stereocenters. The number of pyridine rings is 1. The maximum absolute atomic E-state index is 4.63. The Labute approximate surface area is 156 Å². The van der Waals surface area contributed by atoms with Gasteiger partial charge < -0.3 is 0 Å². The van der Waals surface area contributed by atoms with Crippen molar-refractivity contribution in [2.45, 2.75) is 30.5 Å². The third-order valence-corrected chi connectivity index (χ3v) is 5.12. The van der Waals surface area contributed by atoms with E-state index in [4.69, 9.17) is 0 Å². The van der Waals surface area contributed by atoms with E-state index in [-0.39, 0.29) is 5.92 Å². The molecule has 0 N–H and O–H groups in total. The normalized spacial score (nSPS) is 11.3. The molecule has 130 valence electrons. The van der Waals surface area contributed by atoms with E-state index < -0.39 is 0 Å². The molecule has 26 heavy (non-hydrogen) atoms. The molecule has 0 fully saturated rings. The zero-order valence-corrected chi connectivity index (χ0v) is 15.5. The van der Waals surface area contributed by atoms with Crippen molar-refractivity contribution < 1.29 is 0 Å². The fourth-order valence-electron chi connectivity index (χ4n) is 2.86. The first-order valence-corrected chi connectivity index (χ1v) is 9.55. The monoisotopic (exact) mass is 361 g/mol. The number of hydrogen-bond acceptors (Lipinski definition) is 5. The molecule has 5 nitrogen and oxygen atoms in total. The third-order valence-electron chi connectivity index (χ3n) is 4.13. The lowest BCUT2D eigenvalue weighted by atomic mass is 10.1. The van der Waals surface area contributed by atoms with Crippen LogP contribution in [0.2, 0.25) is 0 Å². The Bertz CT molecular complexity index is 1010. The quantitative estimate of drug-likeness (QED) is 0.485. The van der Waals surface area contributed by atoms with Gasteiger partial charge in [-0.1, -0.05) is 49.9 Å². The summed E-state index contributed by atoms with van der Waals surface area (Å²) < 4.78 is 1.96. The van der Waals surface area contributed by atoms with E-state index in [0.717, 1.165) is 38.8 Å². The van der Waals surface area contributed by atoms with Crippen LogP contribution < -0.4 is 0 Å². The Morgan fingerprint density at radius 3 is 2.54 bits per heavy atom. The third kappa shape index (κ3) is 3.20. The van der Waals surface area contributed by atoms with Crippen LogP contribution in [0.5, 0.6) is 0 Å². The number of nitrogens with zero attached hydrogens (tertiary/aromatic N) is 5. The van der Waals surface area contributed by atoms with Crippen molar-refractivity contribution in [1.29, 1.82) is 0 Å². The summed E-state index contributed by atoms with van der Waals surface area (Å²) in [5.74, 6) is 1.03. The fourth-order valence-corrected chi connectivity index (χ4v) is 3.74. The van der Waals surface area contributed by atoms with Crippen LogP contribution in [-0.2, 0) is 5.75 Å². The van der Waals surface area contributed by atoms with Gasteiger partial charge in [-0.3, -0.25) is 4.98 Å². The molecule has 6 heteroatoms. The molecule has 0 radical (unpaired) electrons. The van der Waals surface area contributed by atoms with E-state index in [2.05, 4.69) is 46.3 Å². The molecule has 3 heterocycles. The van der Waals surface area contributed by atoms with Crippen molar-refractivity contribution in [3.05, 3.63) is 72.3 Å². The number of rotatable bonds is 5. The van der Waals surface area contributed by atoms with Crippen molar-refractivity contribution in [3.63, 3.8) is 0 Å².